The van der Waals surface area contributed by atoms with Crippen molar-refractivity contribution < 1.29 is 0 Å². The van der Waals surface area contributed by atoms with Crippen molar-refractivity contribution in [3.8, 4) is 0 Å². The zero-order valence-electron chi connectivity index (χ0n) is 14.5. The topological polar surface area (TPSA) is 68.9 Å². The highest BCUT2D eigenvalue weighted by molar-refractivity contribution is 5.87. The van der Waals surface area contributed by atoms with Crippen LogP contribution in [0.4, 0.5) is 5.82 Å². The van der Waals surface area contributed by atoms with Gasteiger partial charge in [0.2, 0.25) is 0 Å². The zero-order valence-corrected chi connectivity index (χ0v) is 14.5. The van der Waals surface area contributed by atoms with Gasteiger partial charge in [-0.3, -0.25) is 10.9 Å². The molecule has 2 saturated carbocycles. The average Bonchev–Trinajstić information content (AvgIpc) is 3.32. The minimum Gasteiger partial charge on any atom is -0.356 e. The molecule has 0 spiro atoms. The van der Waals surface area contributed by atoms with E-state index in [2.05, 4.69) is 43.8 Å². The number of nitrogens with one attached hydrogen (secondary N) is 3. The van der Waals surface area contributed by atoms with Gasteiger partial charge in [-0.25, -0.2) is 9.97 Å². The Kier molecular flexibility index (Phi) is 4.67. The summed E-state index contributed by atoms with van der Waals surface area (Å²) in [5.41, 5.74) is 7.75. The summed E-state index contributed by atoms with van der Waals surface area (Å²) in [6, 6.07) is 2.65. The molecular weight excluding hydrogens is 300 g/mol. The summed E-state index contributed by atoms with van der Waals surface area (Å²) in [6.45, 7) is 2.23. The Bertz CT molecular complexity index is 656. The van der Waals surface area contributed by atoms with Gasteiger partial charge in [0, 0.05) is 32.4 Å². The van der Waals surface area contributed by atoms with Crippen molar-refractivity contribution in [1.29, 1.82) is 0 Å². The zero-order chi connectivity index (χ0) is 16.4. The van der Waals surface area contributed by atoms with Crippen LogP contribution in [-0.4, -0.2) is 41.1 Å². The van der Waals surface area contributed by atoms with Crippen molar-refractivity contribution in [2.24, 2.45) is 11.8 Å². The summed E-state index contributed by atoms with van der Waals surface area (Å²) in [7, 11) is 2.18. The summed E-state index contributed by atoms with van der Waals surface area (Å²) in [5.74, 6) is 2.77. The number of rotatable bonds is 7. The Morgan fingerprint density at radius 2 is 1.71 bits per heavy atom. The first-order valence-electron chi connectivity index (χ1n) is 9.28. The SMILES string of the molecule is CN(c1ncnc2[nH]ccc12)C1CCC(CNNCC2CC2)CC1. The van der Waals surface area contributed by atoms with E-state index in [0.717, 1.165) is 41.8 Å². The highest BCUT2D eigenvalue weighted by atomic mass is 15.3. The monoisotopic (exact) mass is 328 g/mol. The van der Waals surface area contributed by atoms with Gasteiger partial charge in [0.1, 0.15) is 17.8 Å². The molecule has 0 amide bonds. The molecule has 2 aromatic rings. The van der Waals surface area contributed by atoms with Crippen LogP contribution < -0.4 is 15.8 Å². The Balaban J connectivity index is 1.28. The molecule has 24 heavy (non-hydrogen) atoms. The first-order valence-corrected chi connectivity index (χ1v) is 9.28. The largest absolute Gasteiger partial charge is 0.356 e. The molecule has 0 atom stereocenters. The Hall–Kier alpha value is -1.66. The lowest BCUT2D eigenvalue weighted by Crippen LogP contribution is -2.41. The molecule has 0 aromatic carbocycles. The smallest absolute Gasteiger partial charge is 0.142 e. The van der Waals surface area contributed by atoms with Gasteiger partial charge in [0.25, 0.3) is 0 Å². The van der Waals surface area contributed by atoms with Crippen molar-refractivity contribution in [1.82, 2.24) is 25.8 Å². The molecule has 0 aliphatic heterocycles. The number of hydrogen-bond donors (Lipinski definition) is 3. The Morgan fingerprint density at radius 3 is 2.38 bits per heavy atom. The molecule has 0 bridgehead atoms. The molecule has 2 aromatic heterocycles. The van der Waals surface area contributed by atoms with E-state index < -0.39 is 0 Å². The van der Waals surface area contributed by atoms with Gasteiger partial charge in [-0.15, -0.1) is 0 Å². The first-order chi connectivity index (χ1) is 11.8. The molecular formula is C18H28N6. The molecule has 130 valence electrons. The van der Waals surface area contributed by atoms with Crippen molar-refractivity contribution in [3.63, 3.8) is 0 Å². The lowest BCUT2D eigenvalue weighted by Gasteiger charge is -2.35. The second kappa shape index (κ2) is 7.07. The fourth-order valence-corrected chi connectivity index (χ4v) is 3.80. The molecule has 2 aliphatic carbocycles. The van der Waals surface area contributed by atoms with Gasteiger partial charge in [0.15, 0.2) is 0 Å². The lowest BCUT2D eigenvalue weighted by molar-refractivity contribution is 0.296. The number of nitrogens with zero attached hydrogens (tertiary/aromatic N) is 3. The number of aromatic amines is 1. The molecule has 2 heterocycles. The molecule has 6 nitrogen and oxygen atoms in total. The van der Waals surface area contributed by atoms with E-state index in [1.54, 1.807) is 6.33 Å². The summed E-state index contributed by atoms with van der Waals surface area (Å²) in [6.07, 6.45) is 11.5. The third-order valence-electron chi connectivity index (χ3n) is 5.63. The van der Waals surface area contributed by atoms with E-state index in [0.29, 0.717) is 6.04 Å². The van der Waals surface area contributed by atoms with Crippen molar-refractivity contribution in [2.75, 3.05) is 25.0 Å². The third-order valence-corrected chi connectivity index (χ3v) is 5.63. The van der Waals surface area contributed by atoms with Gasteiger partial charge in [0.05, 0.1) is 5.39 Å². The minimum atomic E-state index is 0.577. The second-order valence-corrected chi connectivity index (χ2v) is 7.43. The van der Waals surface area contributed by atoms with Crippen LogP contribution in [0.2, 0.25) is 0 Å². The molecule has 3 N–H and O–H groups in total. The van der Waals surface area contributed by atoms with Gasteiger partial charge in [-0.2, -0.15) is 0 Å². The van der Waals surface area contributed by atoms with Crippen LogP contribution in [0.1, 0.15) is 38.5 Å². The maximum absolute atomic E-state index is 4.53. The second-order valence-electron chi connectivity index (χ2n) is 7.43. The minimum absolute atomic E-state index is 0.577. The van der Waals surface area contributed by atoms with E-state index in [-0.39, 0.29) is 0 Å². The maximum Gasteiger partial charge on any atom is 0.142 e. The maximum atomic E-state index is 4.53. The van der Waals surface area contributed by atoms with Gasteiger partial charge >= 0.3 is 0 Å². The van der Waals surface area contributed by atoms with E-state index in [1.807, 2.05) is 6.20 Å². The fraction of sp³-hybridized carbons (Fsp3) is 0.667. The third kappa shape index (κ3) is 3.54. The molecule has 0 radical (unpaired) electrons. The van der Waals surface area contributed by atoms with Crippen LogP contribution >= 0.6 is 0 Å². The predicted octanol–water partition coefficient (Wildman–Crippen LogP) is 2.46. The van der Waals surface area contributed by atoms with E-state index in [9.17, 15) is 0 Å². The molecule has 4 rings (SSSR count). The molecule has 0 saturated heterocycles. The molecule has 2 fully saturated rings. The fourth-order valence-electron chi connectivity index (χ4n) is 3.80. The average molecular weight is 328 g/mol. The number of H-pyrrole nitrogens is 1. The first kappa shape index (κ1) is 15.8. The highest BCUT2D eigenvalue weighted by Gasteiger charge is 2.26. The normalized spacial score (nSPS) is 24.4. The van der Waals surface area contributed by atoms with Gasteiger partial charge < -0.3 is 9.88 Å². The van der Waals surface area contributed by atoms with Gasteiger partial charge in [-0.05, 0) is 56.4 Å². The van der Waals surface area contributed by atoms with Crippen LogP contribution in [-0.2, 0) is 0 Å². The quantitative estimate of drug-likeness (QED) is 0.538. The van der Waals surface area contributed by atoms with Crippen molar-refractivity contribution >= 4 is 16.9 Å². The number of hydrogen-bond acceptors (Lipinski definition) is 5. The summed E-state index contributed by atoms with van der Waals surface area (Å²) < 4.78 is 0. The van der Waals surface area contributed by atoms with E-state index in [4.69, 9.17) is 0 Å². The Labute approximate surface area is 143 Å². The van der Waals surface area contributed by atoms with Gasteiger partial charge in [-0.1, -0.05) is 0 Å². The molecule has 0 unspecified atom stereocenters. The standard InChI is InChI=1S/C18H28N6/c1-24(18-16-8-9-19-17(16)20-12-21-18)15-6-4-14(5-7-15)11-23-22-10-13-2-3-13/h8-9,12-15,22-23H,2-7,10-11H2,1H3,(H,19,20,21). The molecule has 2 aliphatic rings. The van der Waals surface area contributed by atoms with Crippen molar-refractivity contribution in [3.05, 3.63) is 18.6 Å². The number of aromatic nitrogens is 3. The lowest BCUT2D eigenvalue weighted by atomic mass is 9.85. The van der Waals surface area contributed by atoms with Crippen LogP contribution in [0.25, 0.3) is 11.0 Å². The van der Waals surface area contributed by atoms with Crippen molar-refractivity contribution in [2.45, 2.75) is 44.6 Å². The predicted molar refractivity (Wildman–Crippen MR) is 96.8 cm³/mol. The number of anilines is 1. The van der Waals surface area contributed by atoms with Crippen LogP contribution in [0.3, 0.4) is 0 Å². The summed E-state index contributed by atoms with van der Waals surface area (Å²) in [5, 5.41) is 1.12. The summed E-state index contributed by atoms with van der Waals surface area (Å²) in [4.78, 5) is 14.3. The number of hydrazine groups is 1. The number of fused-ring (bicyclic) bond motifs is 1. The van der Waals surface area contributed by atoms with E-state index >= 15 is 0 Å². The summed E-state index contributed by atoms with van der Waals surface area (Å²) >= 11 is 0. The van der Waals surface area contributed by atoms with Crippen LogP contribution in [0.15, 0.2) is 18.6 Å². The van der Waals surface area contributed by atoms with Crippen LogP contribution in [0, 0.1) is 11.8 Å². The van der Waals surface area contributed by atoms with Crippen LogP contribution in [0.5, 0.6) is 0 Å². The van der Waals surface area contributed by atoms with E-state index in [1.165, 1.54) is 38.5 Å². The highest BCUT2D eigenvalue weighted by Crippen LogP contribution is 2.31. The molecule has 6 heteroatoms. The Morgan fingerprint density at radius 1 is 1.04 bits per heavy atom.